The quantitative estimate of drug-likeness (QED) is 0.384. The summed E-state index contributed by atoms with van der Waals surface area (Å²) >= 11 is 0. The van der Waals surface area contributed by atoms with E-state index in [1.54, 1.807) is 0 Å². The van der Waals surface area contributed by atoms with Crippen LogP contribution < -0.4 is 15.4 Å². The first kappa shape index (κ1) is 21.0. The summed E-state index contributed by atoms with van der Waals surface area (Å²) in [5.74, 6) is 1.80. The monoisotopic (exact) mass is 446 g/mol. The zero-order chi connectivity index (χ0) is 16.5. The van der Waals surface area contributed by atoms with Crippen molar-refractivity contribution in [2.75, 3.05) is 33.3 Å². The SMILES string of the molecule is CCNC(=NCc1ccccc1OCC)NCC1CCCN1C.I. The van der Waals surface area contributed by atoms with Crippen molar-refractivity contribution >= 4 is 29.9 Å². The molecule has 1 saturated heterocycles. The van der Waals surface area contributed by atoms with Gasteiger partial charge in [-0.25, -0.2) is 4.99 Å². The molecule has 2 rings (SSSR count). The van der Waals surface area contributed by atoms with Gasteiger partial charge in [0.25, 0.3) is 0 Å². The highest BCUT2D eigenvalue weighted by atomic mass is 127. The van der Waals surface area contributed by atoms with Crippen molar-refractivity contribution < 1.29 is 4.74 Å². The molecule has 6 heteroatoms. The molecule has 1 aliphatic heterocycles. The van der Waals surface area contributed by atoms with Crippen LogP contribution in [0.4, 0.5) is 0 Å². The van der Waals surface area contributed by atoms with E-state index in [9.17, 15) is 0 Å². The number of rotatable bonds is 7. The van der Waals surface area contributed by atoms with Crippen LogP contribution in [0.2, 0.25) is 0 Å². The standard InChI is InChI=1S/C18H30N4O.HI/c1-4-19-18(21-14-16-10-8-12-22(16)3)20-13-15-9-6-7-11-17(15)23-5-2;/h6-7,9,11,16H,4-5,8,10,12-14H2,1-3H3,(H2,19,20,21);1H. The number of nitrogens with zero attached hydrogens (tertiary/aromatic N) is 2. The Morgan fingerprint density at radius 1 is 1.29 bits per heavy atom. The third-order valence-corrected chi connectivity index (χ3v) is 4.20. The van der Waals surface area contributed by atoms with Gasteiger partial charge in [0.05, 0.1) is 13.2 Å². The maximum atomic E-state index is 5.67. The number of hydrogen-bond acceptors (Lipinski definition) is 3. The lowest BCUT2D eigenvalue weighted by atomic mass is 10.2. The molecule has 24 heavy (non-hydrogen) atoms. The number of likely N-dealkylation sites (N-methyl/N-ethyl adjacent to an activating group) is 1. The van der Waals surface area contributed by atoms with E-state index in [2.05, 4.69) is 35.6 Å². The molecule has 1 aromatic carbocycles. The number of likely N-dealkylation sites (tertiary alicyclic amines) is 1. The molecule has 0 spiro atoms. The summed E-state index contributed by atoms with van der Waals surface area (Å²) in [4.78, 5) is 7.13. The van der Waals surface area contributed by atoms with Gasteiger partial charge in [0.1, 0.15) is 5.75 Å². The number of nitrogens with one attached hydrogen (secondary N) is 2. The van der Waals surface area contributed by atoms with Gasteiger partial charge >= 0.3 is 0 Å². The van der Waals surface area contributed by atoms with E-state index in [0.717, 1.165) is 30.4 Å². The van der Waals surface area contributed by atoms with Crippen molar-refractivity contribution in [3.63, 3.8) is 0 Å². The minimum Gasteiger partial charge on any atom is -0.494 e. The lowest BCUT2D eigenvalue weighted by Crippen LogP contribution is -2.44. The van der Waals surface area contributed by atoms with E-state index in [4.69, 9.17) is 9.73 Å². The van der Waals surface area contributed by atoms with E-state index >= 15 is 0 Å². The molecule has 0 bridgehead atoms. The Labute approximate surface area is 163 Å². The van der Waals surface area contributed by atoms with Gasteiger partial charge in [-0.2, -0.15) is 0 Å². The average Bonchev–Trinajstić information content (AvgIpc) is 2.97. The summed E-state index contributed by atoms with van der Waals surface area (Å²) in [6.45, 7) is 8.38. The fourth-order valence-electron chi connectivity index (χ4n) is 2.89. The second kappa shape index (κ2) is 11.5. The van der Waals surface area contributed by atoms with Crippen LogP contribution in [0.25, 0.3) is 0 Å². The molecule has 1 fully saturated rings. The van der Waals surface area contributed by atoms with Crippen LogP contribution in [-0.2, 0) is 6.54 Å². The van der Waals surface area contributed by atoms with Gasteiger partial charge in [-0.05, 0) is 46.3 Å². The molecule has 0 radical (unpaired) electrons. The van der Waals surface area contributed by atoms with Crippen LogP contribution in [0.3, 0.4) is 0 Å². The second-order valence-corrected chi connectivity index (χ2v) is 5.89. The largest absolute Gasteiger partial charge is 0.494 e. The first-order valence-corrected chi connectivity index (χ1v) is 8.67. The summed E-state index contributed by atoms with van der Waals surface area (Å²) in [5, 5.41) is 6.79. The van der Waals surface area contributed by atoms with Crippen LogP contribution in [0.15, 0.2) is 29.3 Å². The summed E-state index contributed by atoms with van der Waals surface area (Å²) in [5.41, 5.74) is 1.12. The number of guanidine groups is 1. The second-order valence-electron chi connectivity index (χ2n) is 5.89. The number of hydrogen-bond donors (Lipinski definition) is 2. The minimum atomic E-state index is 0. The van der Waals surface area contributed by atoms with Crippen molar-refractivity contribution in [1.29, 1.82) is 0 Å². The molecule has 0 amide bonds. The highest BCUT2D eigenvalue weighted by Crippen LogP contribution is 2.18. The molecular weight excluding hydrogens is 415 g/mol. The van der Waals surface area contributed by atoms with Gasteiger partial charge in [-0.1, -0.05) is 18.2 Å². The first-order valence-electron chi connectivity index (χ1n) is 8.67. The maximum Gasteiger partial charge on any atom is 0.191 e. The molecule has 0 aromatic heterocycles. The number of benzene rings is 1. The molecule has 1 heterocycles. The molecular formula is C18H31IN4O. The average molecular weight is 446 g/mol. The fraction of sp³-hybridized carbons (Fsp3) is 0.611. The zero-order valence-electron chi connectivity index (χ0n) is 15.0. The number of ether oxygens (including phenoxy) is 1. The Morgan fingerprint density at radius 2 is 2.08 bits per heavy atom. The predicted octanol–water partition coefficient (Wildman–Crippen LogP) is 2.85. The molecule has 5 nitrogen and oxygen atoms in total. The third-order valence-electron chi connectivity index (χ3n) is 4.20. The Hall–Kier alpha value is -1.02. The van der Waals surface area contributed by atoms with Gasteiger partial charge < -0.3 is 20.3 Å². The van der Waals surface area contributed by atoms with Crippen molar-refractivity contribution in [1.82, 2.24) is 15.5 Å². The number of aliphatic imine (C=N–C) groups is 1. The Balaban J connectivity index is 0.00000288. The van der Waals surface area contributed by atoms with Gasteiger partial charge in [0, 0.05) is 24.7 Å². The molecule has 0 aliphatic carbocycles. The third kappa shape index (κ3) is 6.47. The lowest BCUT2D eigenvalue weighted by Gasteiger charge is -2.21. The fourth-order valence-corrected chi connectivity index (χ4v) is 2.89. The van der Waals surface area contributed by atoms with Crippen molar-refractivity contribution in [3.8, 4) is 5.75 Å². The van der Waals surface area contributed by atoms with E-state index in [0.29, 0.717) is 19.2 Å². The van der Waals surface area contributed by atoms with Gasteiger partial charge in [0.2, 0.25) is 0 Å². The molecule has 2 N–H and O–H groups in total. The maximum absolute atomic E-state index is 5.67. The molecule has 1 atom stereocenters. The topological polar surface area (TPSA) is 48.9 Å². The Bertz CT molecular complexity index is 510. The van der Waals surface area contributed by atoms with Crippen LogP contribution in [0.1, 0.15) is 32.3 Å². The molecule has 1 aliphatic rings. The lowest BCUT2D eigenvalue weighted by molar-refractivity contribution is 0.309. The van der Waals surface area contributed by atoms with E-state index in [1.807, 2.05) is 25.1 Å². The minimum absolute atomic E-state index is 0. The van der Waals surface area contributed by atoms with E-state index < -0.39 is 0 Å². The normalized spacial score (nSPS) is 18.1. The molecule has 136 valence electrons. The summed E-state index contributed by atoms with van der Waals surface area (Å²) in [6.07, 6.45) is 2.55. The number of halogens is 1. The van der Waals surface area contributed by atoms with Crippen LogP contribution in [-0.4, -0.2) is 50.2 Å². The van der Waals surface area contributed by atoms with Crippen LogP contribution in [0.5, 0.6) is 5.75 Å². The van der Waals surface area contributed by atoms with E-state index in [1.165, 1.54) is 19.4 Å². The van der Waals surface area contributed by atoms with Crippen molar-refractivity contribution in [3.05, 3.63) is 29.8 Å². The highest BCUT2D eigenvalue weighted by Gasteiger charge is 2.20. The van der Waals surface area contributed by atoms with Gasteiger partial charge in [-0.15, -0.1) is 24.0 Å². The van der Waals surface area contributed by atoms with Gasteiger partial charge in [0.15, 0.2) is 5.96 Å². The first-order chi connectivity index (χ1) is 11.2. The summed E-state index contributed by atoms with van der Waals surface area (Å²) < 4.78 is 5.67. The number of para-hydroxylation sites is 1. The van der Waals surface area contributed by atoms with Crippen molar-refractivity contribution in [2.45, 2.75) is 39.3 Å². The van der Waals surface area contributed by atoms with Crippen LogP contribution in [0, 0.1) is 0 Å². The molecule has 1 unspecified atom stereocenters. The van der Waals surface area contributed by atoms with Gasteiger partial charge in [-0.3, -0.25) is 0 Å². The predicted molar refractivity (Wildman–Crippen MR) is 111 cm³/mol. The summed E-state index contributed by atoms with van der Waals surface area (Å²) in [7, 11) is 2.20. The van der Waals surface area contributed by atoms with Crippen LogP contribution >= 0.6 is 24.0 Å². The summed E-state index contributed by atoms with van der Waals surface area (Å²) in [6, 6.07) is 8.71. The van der Waals surface area contributed by atoms with E-state index in [-0.39, 0.29) is 24.0 Å². The Morgan fingerprint density at radius 3 is 2.75 bits per heavy atom. The Kier molecular flexibility index (Phi) is 10.1. The smallest absolute Gasteiger partial charge is 0.191 e. The highest BCUT2D eigenvalue weighted by molar-refractivity contribution is 14.0. The zero-order valence-corrected chi connectivity index (χ0v) is 17.4. The van der Waals surface area contributed by atoms with Crippen molar-refractivity contribution in [2.24, 2.45) is 4.99 Å². The molecule has 1 aromatic rings. The molecule has 0 saturated carbocycles.